The Morgan fingerprint density at radius 3 is 2.55 bits per heavy atom. The minimum absolute atomic E-state index is 0.0758. The first-order valence-electron chi connectivity index (χ1n) is 9.36. The van der Waals surface area contributed by atoms with Crippen LogP contribution in [0.15, 0.2) is 76.5 Å². The van der Waals surface area contributed by atoms with Gasteiger partial charge >= 0.3 is 0 Å². The van der Waals surface area contributed by atoms with E-state index in [1.54, 1.807) is 6.26 Å². The van der Waals surface area contributed by atoms with Crippen LogP contribution in [0.1, 0.15) is 27.0 Å². The fraction of sp³-hybridized carbons (Fsp3) is 0.174. The molecule has 4 aromatic rings. The number of aromatic nitrogens is 3. The molecule has 0 aliphatic rings. The first-order valence-corrected chi connectivity index (χ1v) is 10.3. The Hall–Kier alpha value is -3.12. The number of Topliss-reactive ketones (excluding diaryl/α,β-unsaturated/α-hetero) is 1. The molecule has 2 heterocycles. The molecule has 2 aromatic heterocycles. The second-order valence-corrected chi connectivity index (χ2v) is 7.81. The number of thioether (sulfide) groups is 1. The quantitative estimate of drug-likeness (QED) is 0.314. The normalized spacial score (nSPS) is 11.0. The number of aryl methyl sites for hydroxylation is 2. The molecule has 0 fully saturated rings. The zero-order valence-electron chi connectivity index (χ0n) is 16.3. The van der Waals surface area contributed by atoms with Crippen molar-refractivity contribution >= 4 is 17.5 Å². The van der Waals surface area contributed by atoms with E-state index in [4.69, 9.17) is 4.42 Å². The summed E-state index contributed by atoms with van der Waals surface area (Å²) < 4.78 is 7.52. The van der Waals surface area contributed by atoms with Gasteiger partial charge in [0.2, 0.25) is 5.82 Å². The second kappa shape index (κ2) is 8.49. The summed E-state index contributed by atoms with van der Waals surface area (Å²) in [6.07, 6.45) is 1.62. The van der Waals surface area contributed by atoms with Crippen LogP contribution >= 0.6 is 11.8 Å². The number of rotatable bonds is 7. The van der Waals surface area contributed by atoms with Gasteiger partial charge in [0.1, 0.15) is 0 Å². The van der Waals surface area contributed by atoms with Crippen molar-refractivity contribution in [2.45, 2.75) is 25.5 Å². The molecule has 146 valence electrons. The Labute approximate surface area is 173 Å². The lowest BCUT2D eigenvalue weighted by Gasteiger charge is -2.09. The van der Waals surface area contributed by atoms with Crippen molar-refractivity contribution in [2.24, 2.45) is 0 Å². The summed E-state index contributed by atoms with van der Waals surface area (Å²) in [6.45, 7) is 4.66. The van der Waals surface area contributed by atoms with Gasteiger partial charge in [0.05, 0.1) is 18.6 Å². The maximum Gasteiger partial charge on any atom is 0.200 e. The Bertz CT molecular complexity index is 1120. The van der Waals surface area contributed by atoms with Gasteiger partial charge in [-0.1, -0.05) is 54.2 Å². The highest BCUT2D eigenvalue weighted by atomic mass is 32.2. The highest BCUT2D eigenvalue weighted by Crippen LogP contribution is 2.26. The number of ketones is 1. The van der Waals surface area contributed by atoms with Crippen LogP contribution in [-0.4, -0.2) is 26.3 Å². The molecule has 0 spiro atoms. The Kier molecular flexibility index (Phi) is 5.62. The Morgan fingerprint density at radius 1 is 1.00 bits per heavy atom. The molecule has 0 saturated carbocycles. The molecule has 0 N–H and O–H groups in total. The summed E-state index contributed by atoms with van der Waals surface area (Å²) in [5.41, 5.74) is 4.15. The van der Waals surface area contributed by atoms with Crippen molar-refractivity contribution in [3.63, 3.8) is 0 Å². The van der Waals surface area contributed by atoms with Crippen LogP contribution in [0, 0.1) is 13.8 Å². The van der Waals surface area contributed by atoms with Gasteiger partial charge in [-0.25, -0.2) is 0 Å². The first kappa shape index (κ1) is 19.2. The molecule has 0 bridgehead atoms. The molecule has 5 nitrogen and oxygen atoms in total. The van der Waals surface area contributed by atoms with Crippen LogP contribution in [0.2, 0.25) is 0 Å². The number of hydrogen-bond acceptors (Lipinski definition) is 5. The fourth-order valence-electron chi connectivity index (χ4n) is 3.02. The largest absolute Gasteiger partial charge is 0.461 e. The number of carbonyl (C=O) groups excluding carboxylic acids is 1. The molecule has 0 aliphatic heterocycles. The average Bonchev–Trinajstić information content (AvgIpc) is 3.39. The predicted octanol–water partition coefficient (Wildman–Crippen LogP) is 5.18. The van der Waals surface area contributed by atoms with E-state index in [-0.39, 0.29) is 5.78 Å². The third kappa shape index (κ3) is 4.32. The number of carbonyl (C=O) groups is 1. The maximum absolute atomic E-state index is 12.7. The van der Waals surface area contributed by atoms with E-state index < -0.39 is 0 Å². The fourth-order valence-corrected chi connectivity index (χ4v) is 3.85. The average molecular weight is 404 g/mol. The van der Waals surface area contributed by atoms with E-state index in [9.17, 15) is 4.79 Å². The van der Waals surface area contributed by atoms with Crippen molar-refractivity contribution in [2.75, 3.05) is 5.75 Å². The molecule has 6 heteroatoms. The molecule has 0 atom stereocenters. The highest BCUT2D eigenvalue weighted by molar-refractivity contribution is 7.99. The molecule has 0 amide bonds. The number of furan rings is 1. The van der Waals surface area contributed by atoms with Gasteiger partial charge in [-0.2, -0.15) is 0 Å². The second-order valence-electron chi connectivity index (χ2n) is 6.87. The lowest BCUT2D eigenvalue weighted by atomic mass is 10.0. The zero-order chi connectivity index (χ0) is 20.2. The summed E-state index contributed by atoms with van der Waals surface area (Å²) in [5, 5.41) is 9.34. The third-order valence-electron chi connectivity index (χ3n) is 4.80. The lowest BCUT2D eigenvalue weighted by molar-refractivity contribution is 0.102. The minimum Gasteiger partial charge on any atom is -0.461 e. The van der Waals surface area contributed by atoms with E-state index in [2.05, 4.69) is 22.3 Å². The van der Waals surface area contributed by atoms with Crippen LogP contribution in [0.3, 0.4) is 0 Å². The lowest BCUT2D eigenvalue weighted by Crippen LogP contribution is -2.07. The molecule has 0 unspecified atom stereocenters. The van der Waals surface area contributed by atoms with E-state index in [1.807, 2.05) is 66.9 Å². The van der Waals surface area contributed by atoms with Crippen molar-refractivity contribution in [1.29, 1.82) is 0 Å². The summed E-state index contributed by atoms with van der Waals surface area (Å²) in [5.74, 6) is 1.68. The molecular formula is C23H21N3O2S. The molecule has 29 heavy (non-hydrogen) atoms. The molecule has 2 aromatic carbocycles. The number of hydrogen-bond donors (Lipinski definition) is 0. The van der Waals surface area contributed by atoms with Crippen LogP contribution in [0.5, 0.6) is 0 Å². The van der Waals surface area contributed by atoms with Gasteiger partial charge in [0.15, 0.2) is 16.7 Å². The Morgan fingerprint density at radius 2 is 1.83 bits per heavy atom. The third-order valence-corrected chi connectivity index (χ3v) is 5.77. The van der Waals surface area contributed by atoms with Crippen LogP contribution in [0.25, 0.3) is 11.6 Å². The van der Waals surface area contributed by atoms with Crippen molar-refractivity contribution < 1.29 is 9.21 Å². The smallest absolute Gasteiger partial charge is 0.200 e. The van der Waals surface area contributed by atoms with Gasteiger partial charge in [-0.05, 0) is 48.7 Å². The van der Waals surface area contributed by atoms with Crippen LogP contribution in [-0.2, 0) is 6.54 Å². The zero-order valence-corrected chi connectivity index (χ0v) is 17.1. The van der Waals surface area contributed by atoms with E-state index >= 15 is 0 Å². The summed E-state index contributed by atoms with van der Waals surface area (Å²) in [7, 11) is 0. The molecule has 0 radical (unpaired) electrons. The number of benzene rings is 2. The van der Waals surface area contributed by atoms with Crippen LogP contribution < -0.4 is 0 Å². The van der Waals surface area contributed by atoms with E-state index in [0.29, 0.717) is 29.0 Å². The van der Waals surface area contributed by atoms with Crippen LogP contribution in [0.4, 0.5) is 0 Å². The Balaban J connectivity index is 1.58. The van der Waals surface area contributed by atoms with Gasteiger partial charge in [-0.15, -0.1) is 10.2 Å². The van der Waals surface area contributed by atoms with Gasteiger partial charge < -0.3 is 4.42 Å². The molecular weight excluding hydrogens is 382 g/mol. The SMILES string of the molecule is Cc1ccc(C(=O)CSc2nnc(-c3ccco3)n2Cc2ccccc2)cc1C. The predicted molar refractivity (Wildman–Crippen MR) is 114 cm³/mol. The van der Waals surface area contributed by atoms with E-state index in [0.717, 1.165) is 16.7 Å². The molecule has 0 saturated heterocycles. The van der Waals surface area contributed by atoms with Gasteiger partial charge in [-0.3, -0.25) is 9.36 Å². The van der Waals surface area contributed by atoms with Gasteiger partial charge in [0, 0.05) is 5.56 Å². The molecule has 4 rings (SSSR count). The van der Waals surface area contributed by atoms with Crippen molar-refractivity contribution in [1.82, 2.24) is 14.8 Å². The van der Waals surface area contributed by atoms with Gasteiger partial charge in [0.25, 0.3) is 0 Å². The first-order chi connectivity index (χ1) is 14.1. The standard InChI is InChI=1S/C23H21N3O2S/c1-16-10-11-19(13-17(16)2)20(27)15-29-23-25-24-22(21-9-6-12-28-21)26(23)14-18-7-4-3-5-8-18/h3-13H,14-15H2,1-2H3. The minimum atomic E-state index is 0.0758. The number of nitrogens with zero attached hydrogens (tertiary/aromatic N) is 3. The summed E-state index contributed by atoms with van der Waals surface area (Å²) in [6, 6.07) is 19.6. The summed E-state index contributed by atoms with van der Waals surface area (Å²) >= 11 is 1.40. The topological polar surface area (TPSA) is 60.9 Å². The monoisotopic (exact) mass is 403 g/mol. The van der Waals surface area contributed by atoms with Crippen molar-refractivity contribution in [3.8, 4) is 11.6 Å². The molecule has 0 aliphatic carbocycles. The highest BCUT2D eigenvalue weighted by Gasteiger charge is 2.18. The maximum atomic E-state index is 12.7. The summed E-state index contributed by atoms with van der Waals surface area (Å²) in [4.78, 5) is 12.7. The van der Waals surface area contributed by atoms with Crippen molar-refractivity contribution in [3.05, 3.63) is 89.2 Å². The van der Waals surface area contributed by atoms with E-state index in [1.165, 1.54) is 17.3 Å².